The van der Waals surface area contributed by atoms with Gasteiger partial charge in [-0.05, 0) is 18.6 Å². The minimum Gasteiger partial charge on any atom is -0.437 e. The van der Waals surface area contributed by atoms with Crippen LogP contribution in [0.15, 0.2) is 36.9 Å². The van der Waals surface area contributed by atoms with Crippen LogP contribution < -0.4 is 4.74 Å². The van der Waals surface area contributed by atoms with Gasteiger partial charge in [-0.15, -0.1) is 0 Å². The fourth-order valence-electron chi connectivity index (χ4n) is 1.60. The lowest BCUT2D eigenvalue weighted by Crippen LogP contribution is -1.92. The number of fused-ring (bicyclic) bond motifs is 1. The molecule has 84 valence electrons. The summed E-state index contributed by atoms with van der Waals surface area (Å²) in [6.45, 7) is 1.99. The third-order valence-corrected chi connectivity index (χ3v) is 2.49. The number of H-pyrrole nitrogens is 1. The molecule has 3 rings (SSSR count). The summed E-state index contributed by atoms with van der Waals surface area (Å²) in [6, 6.07) is 7.78. The Balaban J connectivity index is 2.06. The normalized spacial score (nSPS) is 10.6. The average molecular weight is 226 g/mol. The lowest BCUT2D eigenvalue weighted by atomic mass is 10.2. The predicted octanol–water partition coefficient (Wildman–Crippen LogP) is 2.45. The number of para-hydroxylation sites is 1. The molecule has 0 radical (unpaired) electrons. The van der Waals surface area contributed by atoms with E-state index in [1.807, 2.05) is 31.2 Å². The summed E-state index contributed by atoms with van der Waals surface area (Å²) in [5, 5.41) is 0. The van der Waals surface area contributed by atoms with Gasteiger partial charge in [-0.2, -0.15) is 4.98 Å². The van der Waals surface area contributed by atoms with Gasteiger partial charge in [-0.3, -0.25) is 0 Å². The smallest absolute Gasteiger partial charge is 0.248 e. The van der Waals surface area contributed by atoms with Crippen molar-refractivity contribution < 1.29 is 4.74 Å². The van der Waals surface area contributed by atoms with Gasteiger partial charge < -0.3 is 9.72 Å². The molecule has 2 aromatic heterocycles. The van der Waals surface area contributed by atoms with Crippen molar-refractivity contribution in [1.29, 1.82) is 0 Å². The third kappa shape index (κ3) is 1.71. The van der Waals surface area contributed by atoms with Gasteiger partial charge in [0.2, 0.25) is 5.88 Å². The number of benzene rings is 1. The molecule has 3 aromatic rings. The van der Waals surface area contributed by atoms with Crippen LogP contribution in [0.4, 0.5) is 0 Å². The van der Waals surface area contributed by atoms with E-state index in [2.05, 4.69) is 19.9 Å². The number of aromatic nitrogens is 4. The quantitative estimate of drug-likeness (QED) is 0.729. The van der Waals surface area contributed by atoms with Crippen molar-refractivity contribution >= 4 is 11.2 Å². The fourth-order valence-corrected chi connectivity index (χ4v) is 1.60. The van der Waals surface area contributed by atoms with Crippen LogP contribution in [0.5, 0.6) is 11.6 Å². The van der Waals surface area contributed by atoms with E-state index < -0.39 is 0 Å². The SMILES string of the molecule is Cc1ccccc1Oc1ncnc2nc[nH]c12. The van der Waals surface area contributed by atoms with Gasteiger partial charge in [0.05, 0.1) is 6.33 Å². The zero-order chi connectivity index (χ0) is 11.7. The highest BCUT2D eigenvalue weighted by Crippen LogP contribution is 2.26. The second kappa shape index (κ2) is 3.86. The first-order chi connectivity index (χ1) is 8.34. The van der Waals surface area contributed by atoms with Crippen LogP contribution in [0.2, 0.25) is 0 Å². The number of aromatic amines is 1. The first-order valence-corrected chi connectivity index (χ1v) is 5.22. The molecule has 0 atom stereocenters. The highest BCUT2D eigenvalue weighted by atomic mass is 16.5. The summed E-state index contributed by atoms with van der Waals surface area (Å²) >= 11 is 0. The number of hydrogen-bond donors (Lipinski definition) is 1. The Bertz CT molecular complexity index is 662. The van der Waals surface area contributed by atoms with Gasteiger partial charge >= 0.3 is 0 Å². The number of nitrogens with zero attached hydrogens (tertiary/aromatic N) is 3. The minimum atomic E-state index is 0.488. The van der Waals surface area contributed by atoms with Crippen LogP contribution in [0.1, 0.15) is 5.56 Å². The molecule has 2 heterocycles. The van der Waals surface area contributed by atoms with Crippen molar-refractivity contribution in [3.05, 3.63) is 42.5 Å². The number of hydrogen-bond acceptors (Lipinski definition) is 4. The second-order valence-electron chi connectivity index (χ2n) is 3.65. The molecule has 5 nitrogen and oxygen atoms in total. The van der Waals surface area contributed by atoms with Crippen molar-refractivity contribution in [3.8, 4) is 11.6 Å². The standard InChI is InChI=1S/C12H10N4O/c1-8-4-2-3-5-9(8)17-12-10-11(14-6-13-10)15-7-16-12/h2-7H,1H3,(H,13,14,15,16). The first-order valence-electron chi connectivity index (χ1n) is 5.22. The molecule has 0 aliphatic heterocycles. The number of imidazole rings is 1. The highest BCUT2D eigenvalue weighted by molar-refractivity contribution is 5.75. The van der Waals surface area contributed by atoms with E-state index in [4.69, 9.17) is 4.74 Å². The summed E-state index contributed by atoms with van der Waals surface area (Å²) in [5.41, 5.74) is 2.36. The molecule has 5 heteroatoms. The molecular weight excluding hydrogens is 216 g/mol. The average Bonchev–Trinajstić information content (AvgIpc) is 2.81. The molecule has 0 saturated heterocycles. The molecule has 0 fully saturated rings. The van der Waals surface area contributed by atoms with Crippen molar-refractivity contribution in [1.82, 2.24) is 19.9 Å². The molecule has 1 N–H and O–H groups in total. The van der Waals surface area contributed by atoms with E-state index in [9.17, 15) is 0 Å². The lowest BCUT2D eigenvalue weighted by molar-refractivity contribution is 0.463. The highest BCUT2D eigenvalue weighted by Gasteiger charge is 2.08. The summed E-state index contributed by atoms with van der Waals surface area (Å²) in [5.74, 6) is 1.27. The summed E-state index contributed by atoms with van der Waals surface area (Å²) < 4.78 is 5.76. The Morgan fingerprint density at radius 1 is 1.12 bits per heavy atom. The summed E-state index contributed by atoms with van der Waals surface area (Å²) in [4.78, 5) is 15.2. The topological polar surface area (TPSA) is 63.7 Å². The third-order valence-electron chi connectivity index (χ3n) is 2.49. The molecule has 0 saturated carbocycles. The van der Waals surface area contributed by atoms with Crippen LogP contribution in [-0.4, -0.2) is 19.9 Å². The van der Waals surface area contributed by atoms with E-state index in [1.165, 1.54) is 6.33 Å². The maximum absolute atomic E-state index is 5.76. The van der Waals surface area contributed by atoms with Gasteiger partial charge in [0.15, 0.2) is 5.65 Å². The van der Waals surface area contributed by atoms with Crippen LogP contribution >= 0.6 is 0 Å². The molecule has 17 heavy (non-hydrogen) atoms. The molecule has 0 spiro atoms. The lowest BCUT2D eigenvalue weighted by Gasteiger charge is -2.07. The Hall–Kier alpha value is -2.43. The molecule has 0 aliphatic carbocycles. The number of nitrogens with one attached hydrogen (secondary N) is 1. The Morgan fingerprint density at radius 3 is 2.88 bits per heavy atom. The second-order valence-corrected chi connectivity index (χ2v) is 3.65. The Kier molecular flexibility index (Phi) is 2.22. The minimum absolute atomic E-state index is 0.488. The molecule has 0 bridgehead atoms. The van der Waals surface area contributed by atoms with Gasteiger partial charge in [0.25, 0.3) is 0 Å². The van der Waals surface area contributed by atoms with E-state index in [1.54, 1.807) is 6.33 Å². The largest absolute Gasteiger partial charge is 0.437 e. The van der Waals surface area contributed by atoms with Crippen molar-refractivity contribution in [3.63, 3.8) is 0 Å². The summed E-state index contributed by atoms with van der Waals surface area (Å²) in [7, 11) is 0. The van der Waals surface area contributed by atoms with E-state index in [0.717, 1.165) is 11.3 Å². The van der Waals surface area contributed by atoms with Crippen LogP contribution in [-0.2, 0) is 0 Å². The first kappa shape index (κ1) is 9.77. The van der Waals surface area contributed by atoms with E-state index in [0.29, 0.717) is 17.0 Å². The zero-order valence-corrected chi connectivity index (χ0v) is 9.21. The van der Waals surface area contributed by atoms with Crippen molar-refractivity contribution in [2.24, 2.45) is 0 Å². The maximum atomic E-state index is 5.76. The molecule has 0 unspecified atom stereocenters. The van der Waals surface area contributed by atoms with Crippen molar-refractivity contribution in [2.45, 2.75) is 6.92 Å². The van der Waals surface area contributed by atoms with Gasteiger partial charge in [0.1, 0.15) is 17.6 Å². The van der Waals surface area contributed by atoms with E-state index in [-0.39, 0.29) is 0 Å². The van der Waals surface area contributed by atoms with Crippen LogP contribution in [0.3, 0.4) is 0 Å². The van der Waals surface area contributed by atoms with Crippen molar-refractivity contribution in [2.75, 3.05) is 0 Å². The molecule has 0 amide bonds. The molecular formula is C12H10N4O. The van der Waals surface area contributed by atoms with Gasteiger partial charge in [-0.1, -0.05) is 18.2 Å². The van der Waals surface area contributed by atoms with Gasteiger partial charge in [-0.25, -0.2) is 9.97 Å². The monoisotopic (exact) mass is 226 g/mol. The molecule has 1 aromatic carbocycles. The Morgan fingerprint density at radius 2 is 2.00 bits per heavy atom. The Labute approximate surface area is 97.5 Å². The summed E-state index contributed by atoms with van der Waals surface area (Å²) in [6.07, 6.45) is 3.01. The maximum Gasteiger partial charge on any atom is 0.248 e. The zero-order valence-electron chi connectivity index (χ0n) is 9.21. The van der Waals surface area contributed by atoms with Gasteiger partial charge in [0, 0.05) is 0 Å². The predicted molar refractivity (Wildman–Crippen MR) is 62.9 cm³/mol. The van der Waals surface area contributed by atoms with E-state index >= 15 is 0 Å². The fraction of sp³-hybridized carbons (Fsp3) is 0.0833. The number of rotatable bonds is 2. The van der Waals surface area contributed by atoms with Crippen LogP contribution in [0, 0.1) is 6.92 Å². The molecule has 0 aliphatic rings. The van der Waals surface area contributed by atoms with Crippen LogP contribution in [0.25, 0.3) is 11.2 Å². The number of aryl methyl sites for hydroxylation is 1. The number of ether oxygens (including phenoxy) is 1.